The number of para-hydroxylation sites is 1. The molecule has 7 heteroatoms. The molecule has 1 atom stereocenters. The van der Waals surface area contributed by atoms with Crippen LogP contribution in [0.15, 0.2) is 24.3 Å². The number of hydrogen-bond donors (Lipinski definition) is 2. The van der Waals surface area contributed by atoms with Crippen molar-refractivity contribution in [1.82, 2.24) is 15.5 Å². The van der Waals surface area contributed by atoms with Gasteiger partial charge in [-0.05, 0) is 26.3 Å². The molecule has 0 aromatic heterocycles. The van der Waals surface area contributed by atoms with E-state index in [4.69, 9.17) is 4.74 Å². The highest BCUT2D eigenvalue weighted by molar-refractivity contribution is 6.06. The first kappa shape index (κ1) is 17.3. The monoisotopic (exact) mass is 345 g/mol. The average Bonchev–Trinajstić information content (AvgIpc) is 2.77. The van der Waals surface area contributed by atoms with Gasteiger partial charge >= 0.3 is 6.03 Å². The highest BCUT2D eigenvalue weighted by atomic mass is 16.5. The van der Waals surface area contributed by atoms with Crippen LogP contribution in [0.25, 0.3) is 0 Å². The lowest BCUT2D eigenvalue weighted by Crippen LogP contribution is -2.40. The molecule has 1 aromatic rings. The summed E-state index contributed by atoms with van der Waals surface area (Å²) in [6.07, 6.45) is 1.42. The third kappa shape index (κ3) is 3.60. The lowest BCUT2D eigenvalue weighted by molar-refractivity contribution is -0.130. The second-order valence-electron chi connectivity index (χ2n) is 6.91. The van der Waals surface area contributed by atoms with E-state index in [1.807, 2.05) is 24.3 Å². The predicted octanol–water partition coefficient (Wildman–Crippen LogP) is 1.74. The molecule has 2 aliphatic rings. The largest absolute Gasteiger partial charge is 0.493 e. The van der Waals surface area contributed by atoms with Crippen LogP contribution in [0.3, 0.4) is 0 Å². The minimum Gasteiger partial charge on any atom is -0.493 e. The number of rotatable bonds is 5. The molecule has 25 heavy (non-hydrogen) atoms. The lowest BCUT2D eigenvalue weighted by Gasteiger charge is -2.26. The molecular weight excluding hydrogens is 322 g/mol. The van der Waals surface area contributed by atoms with E-state index >= 15 is 0 Å². The molecule has 0 bridgehead atoms. The van der Waals surface area contributed by atoms with Gasteiger partial charge in [-0.25, -0.2) is 4.79 Å². The number of fused-ring (bicyclic) bond motifs is 1. The van der Waals surface area contributed by atoms with Crippen molar-refractivity contribution in [3.63, 3.8) is 0 Å². The van der Waals surface area contributed by atoms with Crippen LogP contribution in [0.1, 0.15) is 44.7 Å². The molecule has 2 aliphatic heterocycles. The number of carbonyl (C=O) groups excluding carboxylic acids is 3. The molecule has 7 nitrogen and oxygen atoms in total. The summed E-state index contributed by atoms with van der Waals surface area (Å²) in [7, 11) is 0. The molecule has 0 saturated carbocycles. The summed E-state index contributed by atoms with van der Waals surface area (Å²) in [4.78, 5) is 37.3. The number of hydrogen-bond acceptors (Lipinski definition) is 4. The van der Waals surface area contributed by atoms with Gasteiger partial charge in [-0.3, -0.25) is 14.5 Å². The molecular formula is C18H23N3O4. The summed E-state index contributed by atoms with van der Waals surface area (Å²) < 4.78 is 5.59. The first-order chi connectivity index (χ1) is 11.9. The Balaban J connectivity index is 1.50. The molecule has 2 heterocycles. The number of urea groups is 1. The Morgan fingerprint density at radius 3 is 2.84 bits per heavy atom. The molecule has 0 radical (unpaired) electrons. The number of ether oxygens (including phenoxy) is 1. The SMILES string of the molecule is CC1(C)NC(=O)N(CCCC(=O)N[C@@H]2CCOc3ccccc32)C1=O. The van der Waals surface area contributed by atoms with Crippen molar-refractivity contribution in [2.75, 3.05) is 13.2 Å². The Morgan fingerprint density at radius 1 is 1.36 bits per heavy atom. The van der Waals surface area contributed by atoms with Crippen LogP contribution < -0.4 is 15.4 Å². The molecule has 2 N–H and O–H groups in total. The van der Waals surface area contributed by atoms with E-state index in [0.717, 1.165) is 17.7 Å². The van der Waals surface area contributed by atoms with Crippen LogP contribution >= 0.6 is 0 Å². The summed E-state index contributed by atoms with van der Waals surface area (Å²) in [5, 5.41) is 5.65. The Kier molecular flexibility index (Phi) is 4.65. The Morgan fingerprint density at radius 2 is 2.12 bits per heavy atom. The van der Waals surface area contributed by atoms with E-state index < -0.39 is 11.6 Å². The first-order valence-corrected chi connectivity index (χ1v) is 8.54. The summed E-state index contributed by atoms with van der Waals surface area (Å²) in [5.41, 5.74) is 0.114. The van der Waals surface area contributed by atoms with Crippen molar-refractivity contribution < 1.29 is 19.1 Å². The number of benzene rings is 1. The van der Waals surface area contributed by atoms with E-state index in [9.17, 15) is 14.4 Å². The van der Waals surface area contributed by atoms with Gasteiger partial charge in [0.25, 0.3) is 5.91 Å². The fraction of sp³-hybridized carbons (Fsp3) is 0.500. The van der Waals surface area contributed by atoms with Gasteiger partial charge in [-0.2, -0.15) is 0 Å². The highest BCUT2D eigenvalue weighted by Crippen LogP contribution is 2.31. The van der Waals surface area contributed by atoms with Gasteiger partial charge in [0.2, 0.25) is 5.91 Å². The van der Waals surface area contributed by atoms with E-state index in [1.165, 1.54) is 4.90 Å². The molecule has 3 rings (SSSR count). The van der Waals surface area contributed by atoms with Gasteiger partial charge in [0.05, 0.1) is 12.6 Å². The zero-order valence-corrected chi connectivity index (χ0v) is 14.5. The number of nitrogens with zero attached hydrogens (tertiary/aromatic N) is 1. The Bertz CT molecular complexity index is 701. The summed E-state index contributed by atoms with van der Waals surface area (Å²) in [5.74, 6) is 0.463. The van der Waals surface area contributed by atoms with Gasteiger partial charge in [0.15, 0.2) is 0 Å². The third-order valence-corrected chi connectivity index (χ3v) is 4.52. The molecule has 0 unspecified atom stereocenters. The normalized spacial score (nSPS) is 21.4. The number of amides is 4. The van der Waals surface area contributed by atoms with Crippen molar-refractivity contribution in [2.24, 2.45) is 0 Å². The fourth-order valence-corrected chi connectivity index (χ4v) is 3.18. The van der Waals surface area contributed by atoms with Crippen LogP contribution in [-0.2, 0) is 9.59 Å². The van der Waals surface area contributed by atoms with Gasteiger partial charge in [-0.15, -0.1) is 0 Å². The number of carbonyl (C=O) groups is 3. The maximum atomic E-state index is 12.2. The fourth-order valence-electron chi connectivity index (χ4n) is 3.18. The second-order valence-corrected chi connectivity index (χ2v) is 6.91. The van der Waals surface area contributed by atoms with Crippen LogP contribution in [-0.4, -0.2) is 41.4 Å². The molecule has 0 aliphatic carbocycles. The standard InChI is InChI=1S/C18H23N3O4/c1-18(2)16(23)21(17(24)20-18)10-5-8-15(22)19-13-9-11-25-14-7-4-3-6-12(13)14/h3-4,6-7,13H,5,8-11H2,1-2H3,(H,19,22)(H,20,24)/t13-/m1/s1. The predicted molar refractivity (Wildman–Crippen MR) is 91.0 cm³/mol. The second kappa shape index (κ2) is 6.74. The van der Waals surface area contributed by atoms with Gasteiger partial charge in [0.1, 0.15) is 11.3 Å². The van der Waals surface area contributed by atoms with Gasteiger partial charge in [-0.1, -0.05) is 18.2 Å². The molecule has 1 saturated heterocycles. The van der Waals surface area contributed by atoms with Gasteiger partial charge < -0.3 is 15.4 Å². The minimum absolute atomic E-state index is 0.0619. The van der Waals surface area contributed by atoms with E-state index in [1.54, 1.807) is 13.8 Å². The zero-order valence-electron chi connectivity index (χ0n) is 14.5. The zero-order chi connectivity index (χ0) is 18.0. The number of nitrogens with one attached hydrogen (secondary N) is 2. The van der Waals surface area contributed by atoms with E-state index in [-0.39, 0.29) is 30.8 Å². The van der Waals surface area contributed by atoms with Crippen LogP contribution in [0.4, 0.5) is 4.79 Å². The van der Waals surface area contributed by atoms with Crippen molar-refractivity contribution in [2.45, 2.75) is 44.7 Å². The lowest BCUT2D eigenvalue weighted by atomic mass is 10.0. The quantitative estimate of drug-likeness (QED) is 0.796. The van der Waals surface area contributed by atoms with Crippen molar-refractivity contribution >= 4 is 17.8 Å². The summed E-state index contributed by atoms with van der Waals surface area (Å²) in [6, 6.07) is 7.22. The topological polar surface area (TPSA) is 87.7 Å². The van der Waals surface area contributed by atoms with E-state index in [2.05, 4.69) is 10.6 Å². The van der Waals surface area contributed by atoms with Crippen LogP contribution in [0.2, 0.25) is 0 Å². The summed E-state index contributed by atoms with van der Waals surface area (Å²) in [6.45, 7) is 4.15. The molecule has 4 amide bonds. The average molecular weight is 345 g/mol. The Hall–Kier alpha value is -2.57. The first-order valence-electron chi connectivity index (χ1n) is 8.54. The maximum Gasteiger partial charge on any atom is 0.325 e. The molecule has 0 spiro atoms. The highest BCUT2D eigenvalue weighted by Gasteiger charge is 2.43. The summed E-state index contributed by atoms with van der Waals surface area (Å²) >= 11 is 0. The number of imide groups is 1. The Labute approximate surface area is 146 Å². The molecule has 1 fully saturated rings. The maximum absolute atomic E-state index is 12.2. The molecule has 134 valence electrons. The smallest absolute Gasteiger partial charge is 0.325 e. The van der Waals surface area contributed by atoms with Crippen molar-refractivity contribution in [1.29, 1.82) is 0 Å². The molecule has 1 aromatic carbocycles. The van der Waals surface area contributed by atoms with Crippen LogP contribution in [0.5, 0.6) is 5.75 Å². The van der Waals surface area contributed by atoms with Crippen molar-refractivity contribution in [3.8, 4) is 5.75 Å². The minimum atomic E-state index is -0.870. The van der Waals surface area contributed by atoms with Gasteiger partial charge in [0, 0.05) is 24.9 Å². The third-order valence-electron chi connectivity index (χ3n) is 4.52. The van der Waals surface area contributed by atoms with E-state index in [0.29, 0.717) is 13.0 Å². The van der Waals surface area contributed by atoms with Crippen molar-refractivity contribution in [3.05, 3.63) is 29.8 Å². The van der Waals surface area contributed by atoms with Crippen LogP contribution in [0, 0.1) is 0 Å².